The molecule has 240 valence electrons. The molecular formula is C46H30N4O. The molecule has 3 aromatic heterocycles. The molecule has 0 atom stereocenters. The van der Waals surface area contributed by atoms with Gasteiger partial charge in [-0.15, -0.1) is 0 Å². The largest absolute Gasteiger partial charge is 0.454 e. The van der Waals surface area contributed by atoms with Crippen molar-refractivity contribution in [3.8, 4) is 28.8 Å². The molecule has 10 aromatic rings. The molecule has 5 heteroatoms. The predicted molar refractivity (Wildman–Crippen MR) is 208 cm³/mol. The fourth-order valence-corrected chi connectivity index (χ4v) is 8.68. The highest BCUT2D eigenvalue weighted by Crippen LogP contribution is 2.55. The molecule has 0 aliphatic carbocycles. The Bertz CT molecular complexity index is 3090. The molecule has 0 radical (unpaired) electrons. The van der Waals surface area contributed by atoms with Crippen LogP contribution in [0, 0.1) is 0 Å². The van der Waals surface area contributed by atoms with Crippen molar-refractivity contribution in [2.45, 2.75) is 19.3 Å². The first kappa shape index (κ1) is 28.3. The third-order valence-corrected chi connectivity index (χ3v) is 10.9. The van der Waals surface area contributed by atoms with Crippen LogP contribution < -0.4 is 4.74 Å². The summed E-state index contributed by atoms with van der Waals surface area (Å²) >= 11 is 0. The van der Waals surface area contributed by atoms with Gasteiger partial charge < -0.3 is 4.74 Å². The molecular weight excluding hydrogens is 625 g/mol. The lowest BCUT2D eigenvalue weighted by atomic mass is 9.73. The molecule has 1 aliphatic heterocycles. The maximum atomic E-state index is 7.07. The van der Waals surface area contributed by atoms with Gasteiger partial charge in [0.05, 0.1) is 16.7 Å². The van der Waals surface area contributed by atoms with Crippen molar-refractivity contribution >= 4 is 65.0 Å². The van der Waals surface area contributed by atoms with Gasteiger partial charge in [0, 0.05) is 44.3 Å². The fourth-order valence-electron chi connectivity index (χ4n) is 8.68. The van der Waals surface area contributed by atoms with Crippen LogP contribution in [0.1, 0.15) is 25.0 Å². The van der Waals surface area contributed by atoms with Crippen molar-refractivity contribution in [1.29, 1.82) is 0 Å². The smallest absolute Gasteiger partial charge is 0.236 e. The van der Waals surface area contributed by atoms with Gasteiger partial charge in [0.1, 0.15) is 17.0 Å². The van der Waals surface area contributed by atoms with E-state index < -0.39 is 0 Å². The normalized spacial score (nSPS) is 13.6. The second-order valence-electron chi connectivity index (χ2n) is 14.0. The predicted octanol–water partition coefficient (Wildman–Crippen LogP) is 11.7. The van der Waals surface area contributed by atoms with Gasteiger partial charge in [-0.2, -0.15) is 0 Å². The molecule has 1 aliphatic rings. The van der Waals surface area contributed by atoms with E-state index in [1.807, 2.05) is 24.4 Å². The summed E-state index contributed by atoms with van der Waals surface area (Å²) in [5.74, 6) is 2.29. The van der Waals surface area contributed by atoms with Crippen molar-refractivity contribution in [3.63, 3.8) is 0 Å². The number of ether oxygens (including phenoxy) is 1. The Labute approximate surface area is 293 Å². The van der Waals surface area contributed by atoms with Crippen LogP contribution in [0.5, 0.6) is 11.5 Å². The van der Waals surface area contributed by atoms with E-state index in [1.54, 1.807) is 0 Å². The summed E-state index contributed by atoms with van der Waals surface area (Å²) in [6.45, 7) is 4.61. The molecule has 51 heavy (non-hydrogen) atoms. The monoisotopic (exact) mass is 654 g/mol. The minimum Gasteiger partial charge on any atom is -0.454 e. The number of nitrogens with zero attached hydrogens (tertiary/aromatic N) is 4. The molecule has 0 saturated carbocycles. The average Bonchev–Trinajstić information content (AvgIpc) is 3.54. The lowest BCUT2D eigenvalue weighted by Crippen LogP contribution is -2.25. The molecule has 4 heterocycles. The zero-order valence-electron chi connectivity index (χ0n) is 28.1. The van der Waals surface area contributed by atoms with Crippen molar-refractivity contribution in [2.24, 2.45) is 0 Å². The van der Waals surface area contributed by atoms with E-state index in [4.69, 9.17) is 19.7 Å². The van der Waals surface area contributed by atoms with Gasteiger partial charge in [-0.05, 0) is 51.2 Å². The molecule has 5 nitrogen and oxygen atoms in total. The minimum atomic E-state index is -0.336. The molecule has 0 N–H and O–H groups in total. The Morgan fingerprint density at radius 2 is 1.16 bits per heavy atom. The van der Waals surface area contributed by atoms with E-state index in [0.717, 1.165) is 77.3 Å². The minimum absolute atomic E-state index is 0.336. The van der Waals surface area contributed by atoms with Gasteiger partial charge in [0.15, 0.2) is 5.75 Å². The molecule has 0 amide bonds. The first-order valence-corrected chi connectivity index (χ1v) is 17.4. The second kappa shape index (κ2) is 10.2. The number of benzene rings is 7. The topological polar surface area (TPSA) is 52.8 Å². The molecule has 0 unspecified atom stereocenters. The van der Waals surface area contributed by atoms with Crippen molar-refractivity contribution in [1.82, 2.24) is 19.5 Å². The zero-order chi connectivity index (χ0) is 33.8. The molecule has 0 fully saturated rings. The van der Waals surface area contributed by atoms with Crippen LogP contribution in [0.3, 0.4) is 0 Å². The molecule has 0 bridgehead atoms. The summed E-state index contributed by atoms with van der Waals surface area (Å²) in [6.07, 6.45) is 1.84. The maximum Gasteiger partial charge on any atom is 0.236 e. The number of pyridine rings is 1. The highest BCUT2D eigenvalue weighted by molar-refractivity contribution is 6.27. The lowest BCUT2D eigenvalue weighted by Gasteiger charge is -2.36. The van der Waals surface area contributed by atoms with Crippen LogP contribution in [-0.2, 0) is 5.41 Å². The standard InChI is InChI=1S/C46H30N4O/c1-46(2)34-22-10-12-25-37(34)51-44-40(46)31-19-7-6-18-30(31)38-33-21-9-11-24-36(33)50(43(38)44)45-48-41-32-20-8-4-16-28(32)27-15-3-5-17-29(27)39(41)42(49-45)35-23-13-14-26-47-35/h3-26H,1-2H3. The fraction of sp³-hybridized carbons (Fsp3) is 0.0652. The van der Waals surface area contributed by atoms with Crippen molar-refractivity contribution in [2.75, 3.05) is 0 Å². The van der Waals surface area contributed by atoms with Gasteiger partial charge >= 0.3 is 0 Å². The quantitative estimate of drug-likeness (QED) is 0.174. The molecule has 7 aromatic carbocycles. The van der Waals surface area contributed by atoms with E-state index in [9.17, 15) is 0 Å². The molecule has 0 saturated heterocycles. The van der Waals surface area contributed by atoms with Gasteiger partial charge in [-0.3, -0.25) is 9.55 Å². The molecule has 0 spiro atoms. The first-order valence-electron chi connectivity index (χ1n) is 17.4. The van der Waals surface area contributed by atoms with Crippen LogP contribution in [0.4, 0.5) is 0 Å². The van der Waals surface area contributed by atoms with E-state index in [1.165, 1.54) is 21.7 Å². The second-order valence-corrected chi connectivity index (χ2v) is 14.0. The van der Waals surface area contributed by atoms with Crippen LogP contribution in [0.25, 0.3) is 82.4 Å². The van der Waals surface area contributed by atoms with E-state index in [2.05, 4.69) is 140 Å². The highest BCUT2D eigenvalue weighted by Gasteiger charge is 2.39. The Hall–Kier alpha value is -6.59. The number of para-hydroxylation sites is 2. The Balaban J connectivity index is 1.38. The number of fused-ring (bicyclic) bond motifs is 15. The third kappa shape index (κ3) is 3.78. The Morgan fingerprint density at radius 3 is 1.92 bits per heavy atom. The Kier molecular flexibility index (Phi) is 5.66. The van der Waals surface area contributed by atoms with Crippen LogP contribution in [-0.4, -0.2) is 19.5 Å². The van der Waals surface area contributed by atoms with Crippen molar-refractivity contribution in [3.05, 3.63) is 157 Å². The average molecular weight is 655 g/mol. The van der Waals surface area contributed by atoms with E-state index >= 15 is 0 Å². The van der Waals surface area contributed by atoms with Gasteiger partial charge in [-0.25, -0.2) is 9.97 Å². The Morgan fingerprint density at radius 1 is 0.549 bits per heavy atom. The summed E-state index contributed by atoms with van der Waals surface area (Å²) in [6, 6.07) is 48.9. The zero-order valence-corrected chi connectivity index (χ0v) is 28.1. The summed E-state index contributed by atoms with van der Waals surface area (Å²) in [4.78, 5) is 15.9. The summed E-state index contributed by atoms with van der Waals surface area (Å²) in [5, 5.41) is 10.1. The van der Waals surface area contributed by atoms with Gasteiger partial charge in [0.25, 0.3) is 0 Å². The number of hydrogen-bond acceptors (Lipinski definition) is 4. The van der Waals surface area contributed by atoms with Crippen LogP contribution >= 0.6 is 0 Å². The van der Waals surface area contributed by atoms with E-state index in [-0.39, 0.29) is 5.41 Å². The SMILES string of the molecule is CC1(C)c2ccccc2Oc2c1c1ccccc1c1c3ccccc3n(-c3nc(-c4ccccn4)c4c5ccccc5c5ccccc5c4n3)c21. The van der Waals surface area contributed by atoms with Crippen molar-refractivity contribution < 1.29 is 4.74 Å². The maximum absolute atomic E-state index is 7.07. The first-order chi connectivity index (χ1) is 25.1. The lowest BCUT2D eigenvalue weighted by molar-refractivity contribution is 0.424. The third-order valence-electron chi connectivity index (χ3n) is 10.9. The summed E-state index contributed by atoms with van der Waals surface area (Å²) in [7, 11) is 0. The van der Waals surface area contributed by atoms with Gasteiger partial charge in [-0.1, -0.05) is 129 Å². The van der Waals surface area contributed by atoms with Gasteiger partial charge in [0.2, 0.25) is 5.95 Å². The number of hydrogen-bond donors (Lipinski definition) is 0. The van der Waals surface area contributed by atoms with E-state index in [0.29, 0.717) is 5.95 Å². The highest BCUT2D eigenvalue weighted by atomic mass is 16.5. The van der Waals surface area contributed by atoms with Crippen LogP contribution in [0.2, 0.25) is 0 Å². The molecule has 11 rings (SSSR count). The summed E-state index contributed by atoms with van der Waals surface area (Å²) in [5.41, 5.74) is 6.46. The number of rotatable bonds is 2. The summed E-state index contributed by atoms with van der Waals surface area (Å²) < 4.78 is 9.30. The van der Waals surface area contributed by atoms with Crippen LogP contribution in [0.15, 0.2) is 146 Å². The number of aromatic nitrogens is 4.